The van der Waals surface area contributed by atoms with Crippen molar-refractivity contribution < 1.29 is 37.1 Å². The molecular formula is C21H22F3N3O5. The molecule has 0 aromatic heterocycles. The number of ether oxygens (including phenoxy) is 2. The number of hydrogen-bond donors (Lipinski definition) is 2. The van der Waals surface area contributed by atoms with E-state index in [0.717, 1.165) is 30.0 Å². The Morgan fingerprint density at radius 2 is 1.81 bits per heavy atom. The SMILES string of the molecule is COc1ccc(CNC(=O)C(C)O/N=C/C(=O)Nc2cccc(C(F)(F)F)c2)cc1OC. The van der Waals surface area contributed by atoms with Gasteiger partial charge in [0, 0.05) is 12.2 Å². The number of halogens is 3. The molecule has 1 atom stereocenters. The van der Waals surface area contributed by atoms with Crippen LogP contribution in [0.5, 0.6) is 11.5 Å². The summed E-state index contributed by atoms with van der Waals surface area (Å²) in [5.74, 6) is -0.241. The standard InChI is InChI=1S/C21H22F3N3O5/c1-13(20(29)25-11-14-7-8-17(30-2)18(9-14)31-3)32-26-12-19(28)27-16-6-4-5-15(10-16)21(22,23)24/h4-10,12-13H,11H2,1-3H3,(H,25,29)(H,27,28)/b26-12+. The summed E-state index contributed by atoms with van der Waals surface area (Å²) in [5, 5.41) is 8.29. The summed E-state index contributed by atoms with van der Waals surface area (Å²) in [6, 6.07) is 9.30. The van der Waals surface area contributed by atoms with E-state index in [-0.39, 0.29) is 12.2 Å². The van der Waals surface area contributed by atoms with E-state index in [1.54, 1.807) is 18.2 Å². The van der Waals surface area contributed by atoms with Crippen molar-refractivity contribution in [1.29, 1.82) is 0 Å². The normalized spacial score (nSPS) is 12.2. The van der Waals surface area contributed by atoms with Crippen LogP contribution in [0, 0.1) is 0 Å². The van der Waals surface area contributed by atoms with Gasteiger partial charge in [0.2, 0.25) is 6.10 Å². The molecule has 0 aliphatic carbocycles. The van der Waals surface area contributed by atoms with Crippen LogP contribution in [0.3, 0.4) is 0 Å². The molecule has 172 valence electrons. The third kappa shape index (κ3) is 7.18. The molecule has 2 amide bonds. The number of anilines is 1. The van der Waals surface area contributed by atoms with Gasteiger partial charge in [-0.3, -0.25) is 9.59 Å². The van der Waals surface area contributed by atoms with Gasteiger partial charge in [-0.25, -0.2) is 0 Å². The van der Waals surface area contributed by atoms with Crippen LogP contribution in [-0.4, -0.2) is 38.4 Å². The van der Waals surface area contributed by atoms with Crippen molar-refractivity contribution in [2.75, 3.05) is 19.5 Å². The molecule has 0 saturated heterocycles. The van der Waals surface area contributed by atoms with Crippen molar-refractivity contribution in [2.45, 2.75) is 25.7 Å². The highest BCUT2D eigenvalue weighted by molar-refractivity contribution is 6.31. The third-order valence-electron chi connectivity index (χ3n) is 4.13. The summed E-state index contributed by atoms with van der Waals surface area (Å²) < 4.78 is 48.5. The molecule has 0 aliphatic rings. The minimum absolute atomic E-state index is 0.0583. The molecule has 2 aromatic carbocycles. The monoisotopic (exact) mass is 453 g/mol. The number of benzene rings is 2. The zero-order chi connectivity index (χ0) is 23.7. The second kappa shape index (κ2) is 11.0. The van der Waals surface area contributed by atoms with E-state index in [2.05, 4.69) is 15.8 Å². The van der Waals surface area contributed by atoms with Gasteiger partial charge in [0.25, 0.3) is 11.8 Å². The van der Waals surface area contributed by atoms with Gasteiger partial charge in [0.05, 0.1) is 19.8 Å². The second-order valence-corrected chi connectivity index (χ2v) is 6.46. The maximum Gasteiger partial charge on any atom is 0.416 e. The van der Waals surface area contributed by atoms with Gasteiger partial charge in [-0.1, -0.05) is 17.3 Å². The summed E-state index contributed by atoms with van der Waals surface area (Å²) in [6.07, 6.45) is -4.83. The highest BCUT2D eigenvalue weighted by atomic mass is 19.4. The number of hydrogen-bond acceptors (Lipinski definition) is 6. The Morgan fingerprint density at radius 3 is 2.47 bits per heavy atom. The first-order valence-corrected chi connectivity index (χ1v) is 9.30. The molecule has 0 aliphatic heterocycles. The summed E-state index contributed by atoms with van der Waals surface area (Å²) in [5.41, 5.74) is -0.201. The van der Waals surface area contributed by atoms with Crippen LogP contribution in [0.4, 0.5) is 18.9 Å². The van der Waals surface area contributed by atoms with Crippen molar-refractivity contribution in [3.63, 3.8) is 0 Å². The zero-order valence-electron chi connectivity index (χ0n) is 17.5. The van der Waals surface area contributed by atoms with Gasteiger partial charge in [-0.15, -0.1) is 0 Å². The van der Waals surface area contributed by atoms with Crippen LogP contribution in [0.2, 0.25) is 0 Å². The summed E-state index contributed by atoms with van der Waals surface area (Å²) in [6.45, 7) is 1.61. The third-order valence-corrected chi connectivity index (χ3v) is 4.13. The molecule has 8 nitrogen and oxygen atoms in total. The average molecular weight is 453 g/mol. The first-order chi connectivity index (χ1) is 15.1. The minimum Gasteiger partial charge on any atom is -0.493 e. The van der Waals surface area contributed by atoms with Gasteiger partial charge in [0.1, 0.15) is 6.21 Å². The number of methoxy groups -OCH3 is 2. The van der Waals surface area contributed by atoms with Crippen molar-refractivity contribution >= 4 is 23.7 Å². The van der Waals surface area contributed by atoms with E-state index < -0.39 is 29.7 Å². The molecule has 0 fully saturated rings. The van der Waals surface area contributed by atoms with Crippen molar-refractivity contribution in [3.8, 4) is 11.5 Å². The number of nitrogens with zero attached hydrogens (tertiary/aromatic N) is 1. The fourth-order valence-electron chi connectivity index (χ4n) is 2.49. The molecule has 2 aromatic rings. The van der Waals surface area contributed by atoms with Crippen molar-refractivity contribution in [1.82, 2.24) is 5.32 Å². The smallest absolute Gasteiger partial charge is 0.416 e. The Morgan fingerprint density at radius 1 is 1.09 bits per heavy atom. The van der Waals surface area contributed by atoms with Crippen LogP contribution in [0.15, 0.2) is 47.6 Å². The zero-order valence-corrected chi connectivity index (χ0v) is 17.5. The van der Waals surface area contributed by atoms with Gasteiger partial charge in [0.15, 0.2) is 11.5 Å². The van der Waals surface area contributed by atoms with E-state index >= 15 is 0 Å². The quantitative estimate of drug-likeness (QED) is 0.448. The molecule has 32 heavy (non-hydrogen) atoms. The molecule has 2 rings (SSSR count). The lowest BCUT2D eigenvalue weighted by atomic mass is 10.2. The number of carbonyl (C=O) groups excluding carboxylic acids is 2. The topological polar surface area (TPSA) is 98.3 Å². The van der Waals surface area contributed by atoms with Crippen molar-refractivity contribution in [2.24, 2.45) is 5.16 Å². The number of amides is 2. The van der Waals surface area contributed by atoms with Crippen molar-refractivity contribution in [3.05, 3.63) is 53.6 Å². The Labute approximate surface area is 182 Å². The Balaban J connectivity index is 1.83. The fraction of sp³-hybridized carbons (Fsp3) is 0.286. The maximum atomic E-state index is 12.7. The van der Waals surface area contributed by atoms with Crippen LogP contribution >= 0.6 is 0 Å². The number of alkyl halides is 3. The number of carbonyl (C=O) groups is 2. The van der Waals surface area contributed by atoms with Crippen LogP contribution in [0.1, 0.15) is 18.1 Å². The lowest BCUT2D eigenvalue weighted by Crippen LogP contribution is -2.33. The second-order valence-electron chi connectivity index (χ2n) is 6.46. The highest BCUT2D eigenvalue weighted by Gasteiger charge is 2.30. The van der Waals surface area contributed by atoms with E-state index in [1.165, 1.54) is 27.2 Å². The molecule has 0 heterocycles. The van der Waals surface area contributed by atoms with Gasteiger partial charge in [-0.05, 0) is 42.8 Å². The van der Waals surface area contributed by atoms with Gasteiger partial charge >= 0.3 is 6.18 Å². The van der Waals surface area contributed by atoms with Crippen LogP contribution in [0.25, 0.3) is 0 Å². The number of rotatable bonds is 9. The first-order valence-electron chi connectivity index (χ1n) is 9.30. The molecule has 11 heteroatoms. The number of nitrogens with one attached hydrogen (secondary N) is 2. The fourth-order valence-corrected chi connectivity index (χ4v) is 2.49. The maximum absolute atomic E-state index is 12.7. The van der Waals surface area contributed by atoms with Gasteiger partial charge in [-0.2, -0.15) is 13.2 Å². The highest BCUT2D eigenvalue weighted by Crippen LogP contribution is 2.30. The molecule has 0 bridgehead atoms. The largest absolute Gasteiger partial charge is 0.493 e. The van der Waals surface area contributed by atoms with Crippen LogP contribution in [-0.2, 0) is 27.1 Å². The number of oxime groups is 1. The Bertz CT molecular complexity index is 979. The predicted octanol–water partition coefficient (Wildman–Crippen LogP) is 3.37. The first kappa shape index (κ1) is 24.5. The average Bonchev–Trinajstić information content (AvgIpc) is 2.76. The molecule has 0 radical (unpaired) electrons. The molecule has 0 saturated carbocycles. The van der Waals surface area contributed by atoms with E-state index in [9.17, 15) is 22.8 Å². The molecule has 1 unspecified atom stereocenters. The molecule has 2 N–H and O–H groups in total. The van der Waals surface area contributed by atoms with Gasteiger partial charge < -0.3 is 24.9 Å². The van der Waals surface area contributed by atoms with E-state index in [1.807, 2.05) is 0 Å². The summed E-state index contributed by atoms with van der Waals surface area (Å²) >= 11 is 0. The summed E-state index contributed by atoms with van der Waals surface area (Å²) in [4.78, 5) is 28.9. The molecule has 0 spiro atoms. The molecular weight excluding hydrogens is 431 g/mol. The summed E-state index contributed by atoms with van der Waals surface area (Å²) in [7, 11) is 3.01. The predicted molar refractivity (Wildman–Crippen MR) is 111 cm³/mol. The Hall–Kier alpha value is -3.76. The lowest BCUT2D eigenvalue weighted by molar-refractivity contribution is -0.137. The van der Waals surface area contributed by atoms with Crippen LogP contribution < -0.4 is 20.1 Å². The lowest BCUT2D eigenvalue weighted by Gasteiger charge is -2.12. The van der Waals surface area contributed by atoms with E-state index in [4.69, 9.17) is 14.3 Å². The van der Waals surface area contributed by atoms with E-state index in [0.29, 0.717) is 11.5 Å². The minimum atomic E-state index is -4.53. The Kier molecular flexibility index (Phi) is 8.45.